The number of carbonyl (C=O) groups excluding carboxylic acids is 2. The van der Waals surface area contributed by atoms with Crippen LogP contribution in [-0.4, -0.2) is 24.5 Å². The number of hydrogen-bond acceptors (Lipinski definition) is 4. The van der Waals surface area contributed by atoms with E-state index in [0.717, 1.165) is 5.56 Å². The van der Waals surface area contributed by atoms with Crippen LogP contribution >= 0.6 is 11.3 Å². The van der Waals surface area contributed by atoms with Gasteiger partial charge in [0.2, 0.25) is 5.91 Å². The first kappa shape index (κ1) is 14.7. The summed E-state index contributed by atoms with van der Waals surface area (Å²) >= 11 is 1.55. The molecule has 1 aromatic heterocycles. The molecule has 0 bridgehead atoms. The number of amides is 1. The molecule has 100 valence electrons. The molecule has 0 radical (unpaired) electrons. The van der Waals surface area contributed by atoms with E-state index in [9.17, 15) is 9.59 Å². The fourth-order valence-corrected chi connectivity index (χ4v) is 1.97. The summed E-state index contributed by atoms with van der Waals surface area (Å²) in [6.07, 6.45) is 0.297. The molecule has 1 rings (SSSR count). The number of esters is 1. The molecule has 0 fully saturated rings. The summed E-state index contributed by atoms with van der Waals surface area (Å²) in [7, 11) is 0. The van der Waals surface area contributed by atoms with Crippen LogP contribution in [0.25, 0.3) is 0 Å². The second-order valence-corrected chi connectivity index (χ2v) is 5.40. The predicted octanol–water partition coefficient (Wildman–Crippen LogP) is 1.99. The molecule has 0 aromatic carbocycles. The fourth-order valence-electron chi connectivity index (χ4n) is 1.30. The molecule has 0 aliphatic rings. The molecule has 18 heavy (non-hydrogen) atoms. The van der Waals surface area contributed by atoms with Crippen molar-refractivity contribution in [1.82, 2.24) is 5.32 Å². The van der Waals surface area contributed by atoms with Gasteiger partial charge in [-0.3, -0.25) is 4.79 Å². The van der Waals surface area contributed by atoms with Crippen LogP contribution in [0.15, 0.2) is 16.8 Å². The van der Waals surface area contributed by atoms with E-state index in [1.54, 1.807) is 18.3 Å². The third kappa shape index (κ3) is 5.31. The van der Waals surface area contributed by atoms with E-state index >= 15 is 0 Å². The lowest BCUT2D eigenvalue weighted by atomic mass is 10.2. The zero-order valence-corrected chi connectivity index (χ0v) is 11.8. The van der Waals surface area contributed by atoms with Crippen molar-refractivity contribution in [2.75, 3.05) is 6.61 Å². The van der Waals surface area contributed by atoms with Crippen LogP contribution < -0.4 is 5.32 Å². The van der Waals surface area contributed by atoms with Crippen molar-refractivity contribution in [2.24, 2.45) is 5.92 Å². The minimum atomic E-state index is -0.602. The molecular weight excluding hydrogens is 250 g/mol. The van der Waals surface area contributed by atoms with Crippen LogP contribution in [0.1, 0.15) is 26.3 Å². The number of rotatable bonds is 6. The molecule has 0 aliphatic heterocycles. The van der Waals surface area contributed by atoms with Gasteiger partial charge in [0.05, 0.1) is 13.0 Å². The summed E-state index contributed by atoms with van der Waals surface area (Å²) < 4.78 is 5.05. The first-order chi connectivity index (χ1) is 8.49. The zero-order valence-electron chi connectivity index (χ0n) is 10.9. The summed E-state index contributed by atoms with van der Waals surface area (Å²) in [4.78, 5) is 23.2. The van der Waals surface area contributed by atoms with E-state index < -0.39 is 6.04 Å². The average molecular weight is 269 g/mol. The van der Waals surface area contributed by atoms with Crippen LogP contribution in [0, 0.1) is 5.92 Å². The summed E-state index contributed by atoms with van der Waals surface area (Å²) in [6.45, 7) is 5.94. The molecule has 5 heteroatoms. The molecular formula is C13H19NO3S. The summed E-state index contributed by atoms with van der Waals surface area (Å²) in [5.74, 6) is -0.257. The number of ether oxygens (including phenoxy) is 1. The van der Waals surface area contributed by atoms with Gasteiger partial charge in [0.25, 0.3) is 0 Å². The van der Waals surface area contributed by atoms with Crippen molar-refractivity contribution in [2.45, 2.75) is 33.2 Å². The monoisotopic (exact) mass is 269 g/mol. The van der Waals surface area contributed by atoms with Crippen molar-refractivity contribution >= 4 is 23.2 Å². The third-order valence-corrected chi connectivity index (χ3v) is 2.97. The zero-order chi connectivity index (χ0) is 13.5. The predicted molar refractivity (Wildman–Crippen MR) is 71.4 cm³/mol. The molecule has 1 unspecified atom stereocenters. The molecule has 0 spiro atoms. The van der Waals surface area contributed by atoms with Crippen LogP contribution in [0.4, 0.5) is 0 Å². The van der Waals surface area contributed by atoms with Gasteiger partial charge in [-0.05, 0) is 35.2 Å². The van der Waals surface area contributed by atoms with E-state index in [0.29, 0.717) is 18.9 Å². The van der Waals surface area contributed by atoms with Gasteiger partial charge in [0.1, 0.15) is 6.04 Å². The van der Waals surface area contributed by atoms with E-state index in [2.05, 4.69) is 5.32 Å². The highest BCUT2D eigenvalue weighted by Gasteiger charge is 2.17. The van der Waals surface area contributed by atoms with Gasteiger partial charge in [-0.2, -0.15) is 11.3 Å². The largest absolute Gasteiger partial charge is 0.464 e. The van der Waals surface area contributed by atoms with E-state index in [1.807, 2.05) is 30.7 Å². The molecule has 4 nitrogen and oxygen atoms in total. The summed E-state index contributed by atoms with van der Waals surface area (Å²) in [5, 5.41) is 6.47. The topological polar surface area (TPSA) is 55.4 Å². The maximum absolute atomic E-state index is 11.6. The Hall–Kier alpha value is -1.36. The molecule has 0 saturated carbocycles. The lowest BCUT2D eigenvalue weighted by Crippen LogP contribution is -2.40. The second-order valence-electron chi connectivity index (χ2n) is 4.62. The Morgan fingerprint density at radius 3 is 2.67 bits per heavy atom. The highest BCUT2D eigenvalue weighted by molar-refractivity contribution is 7.07. The van der Waals surface area contributed by atoms with Crippen molar-refractivity contribution in [3.05, 3.63) is 22.4 Å². The molecule has 1 N–H and O–H groups in total. The van der Waals surface area contributed by atoms with Crippen molar-refractivity contribution in [3.63, 3.8) is 0 Å². The lowest BCUT2D eigenvalue weighted by Gasteiger charge is -2.14. The van der Waals surface area contributed by atoms with Crippen LogP contribution in [0.5, 0.6) is 0 Å². The standard InChI is InChI=1S/C13H19NO3S/c1-9(2)7-17-13(16)10(3)14-12(15)6-11-4-5-18-8-11/h4-5,8-10H,6-7H2,1-3H3,(H,14,15). The van der Waals surface area contributed by atoms with Gasteiger partial charge in [-0.25, -0.2) is 4.79 Å². The Balaban J connectivity index is 2.32. The normalized spacial score (nSPS) is 12.2. The molecule has 1 aromatic rings. The van der Waals surface area contributed by atoms with Gasteiger partial charge in [0.15, 0.2) is 0 Å². The quantitative estimate of drug-likeness (QED) is 0.804. The highest BCUT2D eigenvalue weighted by atomic mass is 32.1. The molecule has 0 saturated heterocycles. The fraction of sp³-hybridized carbons (Fsp3) is 0.538. The van der Waals surface area contributed by atoms with Crippen LogP contribution in [-0.2, 0) is 20.7 Å². The third-order valence-electron chi connectivity index (χ3n) is 2.23. The molecule has 1 atom stereocenters. The summed E-state index contributed by atoms with van der Waals surface area (Å²) in [5.41, 5.74) is 0.959. The number of hydrogen-bond donors (Lipinski definition) is 1. The van der Waals surface area contributed by atoms with Gasteiger partial charge >= 0.3 is 5.97 Å². The van der Waals surface area contributed by atoms with Crippen LogP contribution in [0.3, 0.4) is 0 Å². The SMILES string of the molecule is CC(C)COC(=O)C(C)NC(=O)Cc1ccsc1. The first-order valence-electron chi connectivity index (χ1n) is 5.96. The van der Waals surface area contributed by atoms with Gasteiger partial charge < -0.3 is 10.1 Å². The Labute approximate surface area is 111 Å². The Bertz CT molecular complexity index is 387. The Kier molecular flexibility index (Phi) is 5.85. The van der Waals surface area contributed by atoms with Crippen molar-refractivity contribution in [1.29, 1.82) is 0 Å². The molecule has 1 amide bonds. The maximum atomic E-state index is 11.6. The van der Waals surface area contributed by atoms with E-state index in [-0.39, 0.29) is 11.9 Å². The van der Waals surface area contributed by atoms with Crippen molar-refractivity contribution < 1.29 is 14.3 Å². The summed E-state index contributed by atoms with van der Waals surface area (Å²) in [6, 6.07) is 1.29. The lowest BCUT2D eigenvalue weighted by molar-refractivity contribution is -0.148. The van der Waals surface area contributed by atoms with Gasteiger partial charge in [-0.15, -0.1) is 0 Å². The van der Waals surface area contributed by atoms with Crippen molar-refractivity contribution in [3.8, 4) is 0 Å². The second kappa shape index (κ2) is 7.16. The minimum Gasteiger partial charge on any atom is -0.464 e. The minimum absolute atomic E-state index is 0.164. The first-order valence-corrected chi connectivity index (χ1v) is 6.90. The van der Waals surface area contributed by atoms with Gasteiger partial charge in [-0.1, -0.05) is 13.8 Å². The Morgan fingerprint density at radius 2 is 2.11 bits per heavy atom. The van der Waals surface area contributed by atoms with Gasteiger partial charge in [0, 0.05) is 0 Å². The maximum Gasteiger partial charge on any atom is 0.328 e. The molecule has 0 aliphatic carbocycles. The average Bonchev–Trinajstić information content (AvgIpc) is 2.78. The van der Waals surface area contributed by atoms with E-state index in [1.165, 1.54) is 0 Å². The highest BCUT2D eigenvalue weighted by Crippen LogP contribution is 2.06. The van der Waals surface area contributed by atoms with E-state index in [4.69, 9.17) is 4.74 Å². The Morgan fingerprint density at radius 1 is 1.39 bits per heavy atom. The number of nitrogens with one attached hydrogen (secondary N) is 1. The molecule has 1 heterocycles. The number of thiophene rings is 1. The number of carbonyl (C=O) groups is 2. The smallest absolute Gasteiger partial charge is 0.328 e. The van der Waals surface area contributed by atoms with Crippen LogP contribution in [0.2, 0.25) is 0 Å².